The van der Waals surface area contributed by atoms with E-state index in [1.165, 1.54) is 6.07 Å². The molecule has 0 radical (unpaired) electrons. The SMILES string of the molecule is CC(C)c1cc(C(=O)O)cc(Oc2cccc(Cl)c2)n1. The Hall–Kier alpha value is -2.07. The molecule has 2 aromatic rings. The van der Waals surface area contributed by atoms with Crippen LogP contribution in [0.25, 0.3) is 0 Å². The van der Waals surface area contributed by atoms with Crippen molar-refractivity contribution in [2.45, 2.75) is 19.8 Å². The van der Waals surface area contributed by atoms with E-state index in [2.05, 4.69) is 4.98 Å². The van der Waals surface area contributed by atoms with Gasteiger partial charge in [0.15, 0.2) is 0 Å². The zero-order valence-corrected chi connectivity index (χ0v) is 11.9. The van der Waals surface area contributed by atoms with E-state index in [1.54, 1.807) is 30.3 Å². The molecule has 0 saturated carbocycles. The van der Waals surface area contributed by atoms with E-state index >= 15 is 0 Å². The number of pyridine rings is 1. The number of benzene rings is 1. The highest BCUT2D eigenvalue weighted by atomic mass is 35.5. The van der Waals surface area contributed by atoms with Crippen LogP contribution in [0.15, 0.2) is 36.4 Å². The molecule has 0 spiro atoms. The van der Waals surface area contributed by atoms with Crippen molar-refractivity contribution in [3.8, 4) is 11.6 Å². The van der Waals surface area contributed by atoms with Crippen molar-refractivity contribution in [3.63, 3.8) is 0 Å². The molecular weight excluding hydrogens is 278 g/mol. The number of hydrogen-bond acceptors (Lipinski definition) is 3. The molecule has 0 amide bonds. The molecule has 4 nitrogen and oxygen atoms in total. The molecule has 20 heavy (non-hydrogen) atoms. The number of halogens is 1. The maximum Gasteiger partial charge on any atom is 0.335 e. The summed E-state index contributed by atoms with van der Waals surface area (Å²) in [5.74, 6) is -0.139. The summed E-state index contributed by atoms with van der Waals surface area (Å²) in [5, 5.41) is 9.66. The van der Waals surface area contributed by atoms with E-state index in [4.69, 9.17) is 21.4 Å². The fourth-order valence-corrected chi connectivity index (χ4v) is 1.83. The second-order valence-electron chi connectivity index (χ2n) is 4.64. The highest BCUT2D eigenvalue weighted by molar-refractivity contribution is 6.30. The molecule has 0 fully saturated rings. The van der Waals surface area contributed by atoms with Gasteiger partial charge in [-0.25, -0.2) is 9.78 Å². The molecule has 0 aliphatic heterocycles. The molecule has 0 saturated heterocycles. The first kappa shape index (κ1) is 14.3. The molecule has 0 aliphatic rings. The molecule has 0 aliphatic carbocycles. The van der Waals surface area contributed by atoms with Gasteiger partial charge < -0.3 is 9.84 Å². The topological polar surface area (TPSA) is 59.4 Å². The Morgan fingerprint density at radius 2 is 2.05 bits per heavy atom. The monoisotopic (exact) mass is 291 g/mol. The highest BCUT2D eigenvalue weighted by Gasteiger charge is 2.12. The lowest BCUT2D eigenvalue weighted by molar-refractivity contribution is 0.0696. The lowest BCUT2D eigenvalue weighted by Gasteiger charge is -2.10. The summed E-state index contributed by atoms with van der Waals surface area (Å²) in [6.45, 7) is 3.88. The molecule has 1 aromatic heterocycles. The van der Waals surface area contributed by atoms with Gasteiger partial charge in [-0.2, -0.15) is 0 Å². The lowest BCUT2D eigenvalue weighted by Crippen LogP contribution is -2.03. The minimum Gasteiger partial charge on any atom is -0.478 e. The third-order valence-electron chi connectivity index (χ3n) is 2.68. The third kappa shape index (κ3) is 3.48. The Labute approximate surface area is 122 Å². The van der Waals surface area contributed by atoms with Gasteiger partial charge in [-0.15, -0.1) is 0 Å². The molecule has 0 unspecified atom stereocenters. The number of carboxylic acid groups (broad SMARTS) is 1. The largest absolute Gasteiger partial charge is 0.478 e. The van der Waals surface area contributed by atoms with Gasteiger partial charge >= 0.3 is 5.97 Å². The van der Waals surface area contributed by atoms with Crippen molar-refractivity contribution in [2.24, 2.45) is 0 Å². The highest BCUT2D eigenvalue weighted by Crippen LogP contribution is 2.25. The molecule has 1 aromatic carbocycles. The van der Waals surface area contributed by atoms with Crippen LogP contribution in [0.3, 0.4) is 0 Å². The van der Waals surface area contributed by atoms with E-state index in [0.29, 0.717) is 16.5 Å². The van der Waals surface area contributed by atoms with Gasteiger partial charge in [-0.3, -0.25) is 0 Å². The second-order valence-corrected chi connectivity index (χ2v) is 5.07. The first-order chi connectivity index (χ1) is 9.45. The molecule has 0 atom stereocenters. The number of aromatic nitrogens is 1. The van der Waals surface area contributed by atoms with Crippen LogP contribution in [0.5, 0.6) is 11.6 Å². The van der Waals surface area contributed by atoms with Gasteiger partial charge in [0.2, 0.25) is 5.88 Å². The van der Waals surface area contributed by atoms with Crippen LogP contribution in [-0.4, -0.2) is 16.1 Å². The zero-order chi connectivity index (χ0) is 14.7. The van der Waals surface area contributed by atoms with E-state index in [0.717, 1.165) is 0 Å². The first-order valence-electron chi connectivity index (χ1n) is 6.14. The van der Waals surface area contributed by atoms with E-state index < -0.39 is 5.97 Å². The van der Waals surface area contributed by atoms with Gasteiger partial charge in [0.25, 0.3) is 0 Å². The Balaban J connectivity index is 2.38. The van der Waals surface area contributed by atoms with Crippen LogP contribution in [0.1, 0.15) is 35.8 Å². The summed E-state index contributed by atoms with van der Waals surface area (Å²) in [6, 6.07) is 9.81. The van der Waals surface area contributed by atoms with Crippen molar-refractivity contribution >= 4 is 17.6 Å². The minimum absolute atomic E-state index is 0.107. The summed E-state index contributed by atoms with van der Waals surface area (Å²) >= 11 is 5.88. The number of rotatable bonds is 4. The number of nitrogens with zero attached hydrogens (tertiary/aromatic N) is 1. The fourth-order valence-electron chi connectivity index (χ4n) is 1.65. The molecule has 1 heterocycles. The Bertz CT molecular complexity index is 641. The first-order valence-corrected chi connectivity index (χ1v) is 6.52. The predicted molar refractivity (Wildman–Crippen MR) is 76.8 cm³/mol. The molecule has 2 rings (SSSR count). The van der Waals surface area contributed by atoms with Crippen molar-refractivity contribution in [1.82, 2.24) is 4.98 Å². The van der Waals surface area contributed by atoms with Crippen LogP contribution >= 0.6 is 11.6 Å². The maximum absolute atomic E-state index is 11.1. The second kappa shape index (κ2) is 5.92. The Kier molecular flexibility index (Phi) is 4.25. The number of ether oxygens (including phenoxy) is 1. The quantitative estimate of drug-likeness (QED) is 0.910. The lowest BCUT2D eigenvalue weighted by atomic mass is 10.1. The van der Waals surface area contributed by atoms with Gasteiger partial charge in [-0.05, 0) is 30.2 Å². The van der Waals surface area contributed by atoms with Crippen LogP contribution in [-0.2, 0) is 0 Å². The standard InChI is InChI=1S/C15H14ClNO3/c1-9(2)13-6-10(15(18)19)7-14(17-13)20-12-5-3-4-11(16)8-12/h3-9H,1-2H3,(H,18,19). The number of carbonyl (C=O) groups is 1. The maximum atomic E-state index is 11.1. The van der Waals surface area contributed by atoms with Crippen molar-refractivity contribution in [3.05, 3.63) is 52.7 Å². The Morgan fingerprint density at radius 1 is 1.30 bits per heavy atom. The number of carboxylic acids is 1. The van der Waals surface area contributed by atoms with Crippen LogP contribution < -0.4 is 4.74 Å². The van der Waals surface area contributed by atoms with E-state index in [1.807, 2.05) is 13.8 Å². The molecule has 104 valence electrons. The zero-order valence-electron chi connectivity index (χ0n) is 11.1. The summed E-state index contributed by atoms with van der Waals surface area (Å²) in [5.41, 5.74) is 0.822. The predicted octanol–water partition coefficient (Wildman–Crippen LogP) is 4.35. The van der Waals surface area contributed by atoms with Crippen molar-refractivity contribution < 1.29 is 14.6 Å². The van der Waals surface area contributed by atoms with Crippen molar-refractivity contribution in [2.75, 3.05) is 0 Å². The van der Waals surface area contributed by atoms with Gasteiger partial charge in [0.05, 0.1) is 5.56 Å². The summed E-state index contributed by atoms with van der Waals surface area (Å²) in [6.07, 6.45) is 0. The molecule has 0 bridgehead atoms. The normalized spacial score (nSPS) is 10.6. The van der Waals surface area contributed by atoms with Crippen LogP contribution in [0.2, 0.25) is 5.02 Å². The van der Waals surface area contributed by atoms with Gasteiger partial charge in [0, 0.05) is 16.8 Å². The van der Waals surface area contributed by atoms with Gasteiger partial charge in [0.1, 0.15) is 5.75 Å². The number of aromatic carboxylic acids is 1. The van der Waals surface area contributed by atoms with Gasteiger partial charge in [-0.1, -0.05) is 31.5 Å². The average Bonchev–Trinajstić information content (AvgIpc) is 2.38. The summed E-state index contributed by atoms with van der Waals surface area (Å²) in [4.78, 5) is 15.4. The smallest absolute Gasteiger partial charge is 0.335 e. The summed E-state index contributed by atoms with van der Waals surface area (Å²) in [7, 11) is 0. The Morgan fingerprint density at radius 3 is 2.65 bits per heavy atom. The molecule has 5 heteroatoms. The molecular formula is C15H14ClNO3. The van der Waals surface area contributed by atoms with Crippen LogP contribution in [0, 0.1) is 0 Å². The molecule has 1 N–H and O–H groups in total. The van der Waals surface area contributed by atoms with E-state index in [9.17, 15) is 4.79 Å². The van der Waals surface area contributed by atoms with Crippen LogP contribution in [0.4, 0.5) is 0 Å². The minimum atomic E-state index is -1.01. The average molecular weight is 292 g/mol. The third-order valence-corrected chi connectivity index (χ3v) is 2.91. The van der Waals surface area contributed by atoms with Crippen molar-refractivity contribution in [1.29, 1.82) is 0 Å². The fraction of sp³-hybridized carbons (Fsp3) is 0.200. The number of hydrogen-bond donors (Lipinski definition) is 1. The van der Waals surface area contributed by atoms with E-state index in [-0.39, 0.29) is 17.4 Å². The summed E-state index contributed by atoms with van der Waals surface area (Å²) < 4.78 is 5.58.